The van der Waals surface area contributed by atoms with E-state index in [0.29, 0.717) is 30.3 Å². The van der Waals surface area contributed by atoms with E-state index in [1.165, 1.54) is 64.2 Å². The van der Waals surface area contributed by atoms with Crippen molar-refractivity contribution >= 4 is 11.4 Å². The zero-order chi connectivity index (χ0) is 19.0. The summed E-state index contributed by atoms with van der Waals surface area (Å²) in [6.45, 7) is 5.86. The molecule has 4 N–H and O–H groups in total. The largest absolute Gasteiger partial charge is 0.493 e. The molecule has 0 aliphatic rings. The molecule has 0 atom stereocenters. The Balaban J connectivity index is 2.31. The average Bonchev–Trinajstić information content (AvgIpc) is 2.63. The molecule has 4 nitrogen and oxygen atoms in total. The normalized spacial score (nSPS) is 10.8. The second-order valence-electron chi connectivity index (χ2n) is 7.16. The van der Waals surface area contributed by atoms with Crippen LogP contribution in [-0.2, 0) is 0 Å². The molecule has 150 valence electrons. The first-order chi connectivity index (χ1) is 12.7. The molecule has 0 radical (unpaired) electrons. The van der Waals surface area contributed by atoms with E-state index in [-0.39, 0.29) is 0 Å². The van der Waals surface area contributed by atoms with Gasteiger partial charge in [0.2, 0.25) is 0 Å². The molecule has 0 heterocycles. The number of benzene rings is 1. The minimum absolute atomic E-state index is 0.517. The molecule has 0 amide bonds. The van der Waals surface area contributed by atoms with E-state index in [9.17, 15) is 0 Å². The number of hydrogen-bond acceptors (Lipinski definition) is 4. The van der Waals surface area contributed by atoms with E-state index < -0.39 is 0 Å². The highest BCUT2D eigenvalue weighted by atomic mass is 16.5. The number of anilines is 2. The molecule has 1 aromatic carbocycles. The van der Waals surface area contributed by atoms with Crippen molar-refractivity contribution in [2.75, 3.05) is 24.7 Å². The zero-order valence-corrected chi connectivity index (χ0v) is 17.0. The summed E-state index contributed by atoms with van der Waals surface area (Å²) in [4.78, 5) is 0. The molecule has 4 heteroatoms. The molecule has 0 unspecified atom stereocenters. The lowest BCUT2D eigenvalue weighted by Crippen LogP contribution is -2.05. The van der Waals surface area contributed by atoms with Crippen LogP contribution in [0.15, 0.2) is 12.1 Å². The Morgan fingerprint density at radius 1 is 0.654 bits per heavy atom. The third-order valence-corrected chi connectivity index (χ3v) is 4.67. The van der Waals surface area contributed by atoms with Crippen molar-refractivity contribution in [1.82, 2.24) is 0 Å². The van der Waals surface area contributed by atoms with Crippen molar-refractivity contribution in [3.05, 3.63) is 12.1 Å². The number of ether oxygens (including phenoxy) is 2. The van der Waals surface area contributed by atoms with Gasteiger partial charge in [-0.25, -0.2) is 0 Å². The summed E-state index contributed by atoms with van der Waals surface area (Å²) >= 11 is 0. The van der Waals surface area contributed by atoms with Crippen LogP contribution in [0.1, 0.15) is 90.9 Å². The van der Waals surface area contributed by atoms with Crippen molar-refractivity contribution in [2.24, 2.45) is 0 Å². The van der Waals surface area contributed by atoms with E-state index in [1.54, 1.807) is 6.07 Å². The van der Waals surface area contributed by atoms with Gasteiger partial charge in [-0.1, -0.05) is 78.1 Å². The van der Waals surface area contributed by atoms with Crippen LogP contribution in [0.25, 0.3) is 0 Å². The molecule has 0 saturated heterocycles. The molecule has 0 aliphatic carbocycles. The SMILES string of the molecule is CCCCCCCCOc1cc(N)c(N)c(OCCCCCCCC)c1. The molecule has 0 spiro atoms. The number of hydrogen-bond donors (Lipinski definition) is 2. The Hall–Kier alpha value is -1.58. The van der Waals surface area contributed by atoms with Crippen LogP contribution >= 0.6 is 0 Å². The summed E-state index contributed by atoms with van der Waals surface area (Å²) in [7, 11) is 0. The minimum Gasteiger partial charge on any atom is -0.493 e. The van der Waals surface area contributed by atoms with Gasteiger partial charge in [0.15, 0.2) is 0 Å². The summed E-state index contributed by atoms with van der Waals surface area (Å²) in [5.74, 6) is 1.40. The summed E-state index contributed by atoms with van der Waals surface area (Å²) in [6.07, 6.45) is 14.9. The first-order valence-electron chi connectivity index (χ1n) is 10.6. The Kier molecular flexibility index (Phi) is 12.6. The first-order valence-corrected chi connectivity index (χ1v) is 10.6. The molecule has 26 heavy (non-hydrogen) atoms. The van der Waals surface area contributed by atoms with Crippen LogP contribution < -0.4 is 20.9 Å². The van der Waals surface area contributed by atoms with Gasteiger partial charge in [0.25, 0.3) is 0 Å². The van der Waals surface area contributed by atoms with Crippen LogP contribution in [0.5, 0.6) is 11.5 Å². The van der Waals surface area contributed by atoms with Crippen molar-refractivity contribution in [3.63, 3.8) is 0 Å². The summed E-state index contributed by atoms with van der Waals surface area (Å²) in [6, 6.07) is 3.67. The monoisotopic (exact) mass is 364 g/mol. The van der Waals surface area contributed by atoms with Crippen molar-refractivity contribution in [2.45, 2.75) is 90.9 Å². The highest BCUT2D eigenvalue weighted by Gasteiger charge is 2.08. The van der Waals surface area contributed by atoms with Gasteiger partial charge >= 0.3 is 0 Å². The van der Waals surface area contributed by atoms with E-state index in [0.717, 1.165) is 18.6 Å². The van der Waals surface area contributed by atoms with Crippen LogP contribution in [0.3, 0.4) is 0 Å². The van der Waals surface area contributed by atoms with Gasteiger partial charge in [0.1, 0.15) is 11.5 Å². The molecule has 0 saturated carbocycles. The Morgan fingerprint density at radius 2 is 1.15 bits per heavy atom. The van der Waals surface area contributed by atoms with Gasteiger partial charge in [-0.05, 0) is 12.8 Å². The molecule has 1 aromatic rings. The third kappa shape index (κ3) is 9.79. The average molecular weight is 365 g/mol. The predicted octanol–water partition coefficient (Wildman–Crippen LogP) is 6.33. The predicted molar refractivity (Wildman–Crippen MR) is 113 cm³/mol. The second kappa shape index (κ2) is 14.6. The lowest BCUT2D eigenvalue weighted by molar-refractivity contribution is 0.291. The molecule has 1 rings (SSSR count). The molecule has 0 fully saturated rings. The van der Waals surface area contributed by atoms with Crippen molar-refractivity contribution < 1.29 is 9.47 Å². The molecular formula is C22H40N2O2. The van der Waals surface area contributed by atoms with Crippen molar-refractivity contribution in [3.8, 4) is 11.5 Å². The Labute approximate surface area is 160 Å². The molecule has 0 aromatic heterocycles. The maximum absolute atomic E-state index is 6.05. The third-order valence-electron chi connectivity index (χ3n) is 4.67. The van der Waals surface area contributed by atoms with Gasteiger partial charge in [0.05, 0.1) is 24.6 Å². The second-order valence-corrected chi connectivity index (χ2v) is 7.16. The van der Waals surface area contributed by atoms with Crippen LogP contribution in [0.4, 0.5) is 11.4 Å². The number of unbranched alkanes of at least 4 members (excludes halogenated alkanes) is 10. The van der Waals surface area contributed by atoms with Gasteiger partial charge in [0, 0.05) is 12.1 Å². The fraction of sp³-hybridized carbons (Fsp3) is 0.727. The van der Waals surface area contributed by atoms with Gasteiger partial charge in [-0.3, -0.25) is 0 Å². The van der Waals surface area contributed by atoms with Crippen molar-refractivity contribution in [1.29, 1.82) is 0 Å². The fourth-order valence-electron chi connectivity index (χ4n) is 2.96. The Morgan fingerprint density at radius 3 is 1.73 bits per heavy atom. The van der Waals surface area contributed by atoms with E-state index in [4.69, 9.17) is 20.9 Å². The highest BCUT2D eigenvalue weighted by molar-refractivity contribution is 5.73. The first kappa shape index (κ1) is 22.5. The topological polar surface area (TPSA) is 70.5 Å². The lowest BCUT2D eigenvalue weighted by Gasteiger charge is -2.14. The fourth-order valence-corrected chi connectivity index (χ4v) is 2.96. The number of nitrogens with two attached hydrogens (primary N) is 2. The quantitative estimate of drug-likeness (QED) is 0.265. The standard InChI is InChI=1S/C22H40N2O2/c1-3-5-7-9-11-13-15-25-19-17-20(23)22(24)21(18-19)26-16-14-12-10-8-6-4-2/h17-18H,3-16,23-24H2,1-2H3. The maximum Gasteiger partial charge on any atom is 0.147 e. The van der Waals surface area contributed by atoms with Gasteiger partial charge in [-0.15, -0.1) is 0 Å². The Bertz CT molecular complexity index is 477. The van der Waals surface area contributed by atoms with Gasteiger partial charge < -0.3 is 20.9 Å². The summed E-state index contributed by atoms with van der Waals surface area (Å²) in [5.41, 5.74) is 13.1. The number of rotatable bonds is 16. The molecule has 0 aliphatic heterocycles. The maximum atomic E-state index is 6.05. The van der Waals surface area contributed by atoms with Gasteiger partial charge in [-0.2, -0.15) is 0 Å². The molecule has 0 bridgehead atoms. The van der Waals surface area contributed by atoms with E-state index in [1.807, 2.05) is 6.07 Å². The summed E-state index contributed by atoms with van der Waals surface area (Å²) < 4.78 is 11.7. The van der Waals surface area contributed by atoms with E-state index >= 15 is 0 Å². The van der Waals surface area contributed by atoms with Crippen LogP contribution in [0, 0.1) is 0 Å². The number of nitrogen functional groups attached to an aromatic ring is 2. The summed E-state index contributed by atoms with van der Waals surface area (Å²) in [5, 5.41) is 0. The van der Waals surface area contributed by atoms with Crippen LogP contribution in [0.2, 0.25) is 0 Å². The smallest absolute Gasteiger partial charge is 0.147 e. The highest BCUT2D eigenvalue weighted by Crippen LogP contribution is 2.33. The van der Waals surface area contributed by atoms with E-state index in [2.05, 4.69) is 13.8 Å². The lowest BCUT2D eigenvalue weighted by atomic mass is 10.1. The zero-order valence-electron chi connectivity index (χ0n) is 17.0. The van der Waals surface area contributed by atoms with Crippen LogP contribution in [-0.4, -0.2) is 13.2 Å². The molecular weight excluding hydrogens is 324 g/mol. The minimum atomic E-state index is 0.517.